The summed E-state index contributed by atoms with van der Waals surface area (Å²) in [5.74, 6) is -1.24. The van der Waals surface area contributed by atoms with Crippen molar-refractivity contribution in [2.24, 2.45) is 5.73 Å². The molecule has 0 fully saturated rings. The molecule has 1 atom stereocenters. The zero-order valence-electron chi connectivity index (χ0n) is 9.98. The molecule has 100 valence electrons. The van der Waals surface area contributed by atoms with E-state index in [0.717, 1.165) is 18.2 Å². The van der Waals surface area contributed by atoms with Gasteiger partial charge in [-0.2, -0.15) is 0 Å². The smallest absolute Gasteiger partial charge is 0.139 e. The average Bonchev–Trinajstić information content (AvgIpc) is 2.42. The molecule has 1 heterocycles. The van der Waals surface area contributed by atoms with Gasteiger partial charge in [-0.15, -0.1) is 0 Å². The van der Waals surface area contributed by atoms with Crippen LogP contribution in [0.4, 0.5) is 8.78 Å². The van der Waals surface area contributed by atoms with Crippen molar-refractivity contribution in [1.29, 1.82) is 0 Å². The maximum Gasteiger partial charge on any atom is 0.139 e. The van der Waals surface area contributed by atoms with Gasteiger partial charge in [-0.25, -0.2) is 8.78 Å². The number of hydrogen-bond acceptors (Lipinski definition) is 3. The van der Waals surface area contributed by atoms with E-state index >= 15 is 0 Å². The van der Waals surface area contributed by atoms with E-state index in [1.165, 1.54) is 0 Å². The van der Waals surface area contributed by atoms with E-state index in [0.29, 0.717) is 11.3 Å². The highest BCUT2D eigenvalue weighted by molar-refractivity contribution is 7.84. The van der Waals surface area contributed by atoms with E-state index in [2.05, 4.69) is 4.98 Å². The van der Waals surface area contributed by atoms with Gasteiger partial charge < -0.3 is 5.73 Å². The van der Waals surface area contributed by atoms with E-state index in [1.807, 2.05) is 0 Å². The Morgan fingerprint density at radius 1 is 1.26 bits per heavy atom. The van der Waals surface area contributed by atoms with E-state index in [9.17, 15) is 13.0 Å². The van der Waals surface area contributed by atoms with Gasteiger partial charge in [-0.1, -0.05) is 6.07 Å². The van der Waals surface area contributed by atoms with Gasteiger partial charge in [0.15, 0.2) is 0 Å². The van der Waals surface area contributed by atoms with Gasteiger partial charge in [0.25, 0.3) is 0 Å². The van der Waals surface area contributed by atoms with Crippen LogP contribution in [0.3, 0.4) is 0 Å². The van der Waals surface area contributed by atoms with Crippen molar-refractivity contribution in [3.8, 4) is 0 Å². The highest BCUT2D eigenvalue weighted by atomic mass is 32.2. The Morgan fingerprint density at radius 2 is 2.05 bits per heavy atom. The van der Waals surface area contributed by atoms with Gasteiger partial charge in [0, 0.05) is 12.7 Å². The van der Waals surface area contributed by atoms with Crippen molar-refractivity contribution >= 4 is 10.8 Å². The molecule has 0 saturated carbocycles. The lowest BCUT2D eigenvalue weighted by Gasteiger charge is -2.07. The first-order valence-corrected chi connectivity index (χ1v) is 6.90. The van der Waals surface area contributed by atoms with Gasteiger partial charge in [-0.05, 0) is 29.8 Å². The first-order valence-electron chi connectivity index (χ1n) is 5.58. The fourth-order valence-electron chi connectivity index (χ4n) is 1.66. The zero-order valence-corrected chi connectivity index (χ0v) is 10.8. The molecule has 0 amide bonds. The second kappa shape index (κ2) is 5.99. The monoisotopic (exact) mass is 282 g/mol. The average molecular weight is 282 g/mol. The van der Waals surface area contributed by atoms with Crippen LogP contribution in [0.1, 0.15) is 11.3 Å². The molecule has 1 unspecified atom stereocenters. The number of nitrogens with two attached hydrogens (primary N) is 1. The van der Waals surface area contributed by atoms with Crippen molar-refractivity contribution in [3.63, 3.8) is 0 Å². The standard InChI is InChI=1S/C13H12F2N2OS/c14-10-3-4-11(15)13(6-10)19(18)8-9-2-1-5-17-12(9)7-16/h1-6H,7-8,16H2. The van der Waals surface area contributed by atoms with Crippen LogP contribution in [-0.2, 0) is 23.1 Å². The first-order chi connectivity index (χ1) is 9.11. The van der Waals surface area contributed by atoms with Crippen LogP contribution in [-0.4, -0.2) is 9.19 Å². The van der Waals surface area contributed by atoms with E-state index < -0.39 is 22.4 Å². The van der Waals surface area contributed by atoms with Crippen molar-refractivity contribution < 1.29 is 13.0 Å². The van der Waals surface area contributed by atoms with E-state index in [1.54, 1.807) is 18.3 Å². The summed E-state index contributed by atoms with van der Waals surface area (Å²) in [7, 11) is -1.68. The van der Waals surface area contributed by atoms with Crippen LogP contribution < -0.4 is 5.73 Å². The number of nitrogens with zero attached hydrogens (tertiary/aromatic N) is 1. The van der Waals surface area contributed by atoms with Crippen molar-refractivity contribution in [2.45, 2.75) is 17.2 Å². The molecule has 2 N–H and O–H groups in total. The summed E-state index contributed by atoms with van der Waals surface area (Å²) in [5, 5.41) is 0. The maximum atomic E-state index is 13.5. The SMILES string of the molecule is NCc1ncccc1CS(=O)c1cc(F)ccc1F. The summed E-state index contributed by atoms with van der Waals surface area (Å²) in [6.07, 6.45) is 1.58. The molecule has 0 aliphatic carbocycles. The van der Waals surface area contributed by atoms with Crippen molar-refractivity contribution in [2.75, 3.05) is 0 Å². The zero-order chi connectivity index (χ0) is 13.8. The minimum Gasteiger partial charge on any atom is -0.325 e. The molecule has 0 bridgehead atoms. The third-order valence-electron chi connectivity index (χ3n) is 2.60. The quantitative estimate of drug-likeness (QED) is 0.934. The molecule has 2 aromatic rings. The fraction of sp³-hybridized carbons (Fsp3) is 0.154. The normalized spacial score (nSPS) is 12.4. The van der Waals surface area contributed by atoms with Crippen molar-refractivity contribution in [1.82, 2.24) is 4.98 Å². The summed E-state index contributed by atoms with van der Waals surface area (Å²) in [6, 6.07) is 6.32. The lowest BCUT2D eigenvalue weighted by Crippen LogP contribution is -2.07. The second-order valence-electron chi connectivity index (χ2n) is 3.88. The Balaban J connectivity index is 2.28. The van der Waals surface area contributed by atoms with E-state index in [-0.39, 0.29) is 17.2 Å². The van der Waals surface area contributed by atoms with Gasteiger partial charge in [0.2, 0.25) is 0 Å². The topological polar surface area (TPSA) is 56.0 Å². The summed E-state index contributed by atoms with van der Waals surface area (Å²) in [5.41, 5.74) is 6.80. The van der Waals surface area contributed by atoms with E-state index in [4.69, 9.17) is 5.73 Å². The van der Waals surface area contributed by atoms with Gasteiger partial charge >= 0.3 is 0 Å². The molecule has 2 rings (SSSR count). The molecule has 3 nitrogen and oxygen atoms in total. The predicted molar refractivity (Wildman–Crippen MR) is 68.6 cm³/mol. The Bertz CT molecular complexity index is 619. The number of aromatic nitrogens is 1. The lowest BCUT2D eigenvalue weighted by atomic mass is 10.2. The third-order valence-corrected chi connectivity index (χ3v) is 3.98. The van der Waals surface area contributed by atoms with Crippen molar-refractivity contribution in [3.05, 3.63) is 59.4 Å². The molecular formula is C13H12F2N2OS. The molecule has 1 aromatic carbocycles. The molecule has 0 aliphatic rings. The second-order valence-corrected chi connectivity index (χ2v) is 5.30. The Kier molecular flexibility index (Phi) is 4.34. The summed E-state index contributed by atoms with van der Waals surface area (Å²) < 4.78 is 38.7. The Hall–Kier alpha value is -1.66. The highest BCUT2D eigenvalue weighted by Gasteiger charge is 2.13. The van der Waals surface area contributed by atoms with Crippen LogP contribution >= 0.6 is 0 Å². The molecule has 6 heteroatoms. The molecule has 0 saturated heterocycles. The number of hydrogen-bond donors (Lipinski definition) is 1. The Morgan fingerprint density at radius 3 is 2.79 bits per heavy atom. The molecule has 19 heavy (non-hydrogen) atoms. The first kappa shape index (κ1) is 13.8. The number of pyridine rings is 1. The molecule has 0 spiro atoms. The summed E-state index contributed by atoms with van der Waals surface area (Å²) in [4.78, 5) is 3.91. The van der Waals surface area contributed by atoms with Crippen LogP contribution in [0.25, 0.3) is 0 Å². The molecule has 0 aliphatic heterocycles. The van der Waals surface area contributed by atoms with Crippen LogP contribution in [0, 0.1) is 11.6 Å². The fourth-order valence-corrected chi connectivity index (χ4v) is 2.89. The molecular weight excluding hydrogens is 270 g/mol. The highest BCUT2D eigenvalue weighted by Crippen LogP contribution is 2.18. The van der Waals surface area contributed by atoms with Gasteiger partial charge in [0.05, 0.1) is 27.1 Å². The lowest BCUT2D eigenvalue weighted by molar-refractivity contribution is 0.572. The largest absolute Gasteiger partial charge is 0.325 e. The summed E-state index contributed by atoms with van der Waals surface area (Å²) >= 11 is 0. The number of halogens is 2. The number of rotatable bonds is 4. The minimum absolute atomic E-state index is 0.0563. The molecule has 0 radical (unpaired) electrons. The van der Waals surface area contributed by atoms with Crippen LogP contribution in [0.5, 0.6) is 0 Å². The van der Waals surface area contributed by atoms with Gasteiger partial charge in [0.1, 0.15) is 11.6 Å². The van der Waals surface area contributed by atoms with Crippen LogP contribution in [0.2, 0.25) is 0 Å². The third kappa shape index (κ3) is 3.21. The van der Waals surface area contributed by atoms with Crippen LogP contribution in [0.15, 0.2) is 41.4 Å². The van der Waals surface area contributed by atoms with Gasteiger partial charge in [-0.3, -0.25) is 9.19 Å². The summed E-state index contributed by atoms with van der Waals surface area (Å²) in [6.45, 7) is 0.207. The minimum atomic E-state index is -1.68. The predicted octanol–water partition coefficient (Wildman–Crippen LogP) is 2.13. The Labute approximate surface area is 111 Å². The molecule has 1 aromatic heterocycles. The number of benzene rings is 1. The maximum absolute atomic E-state index is 13.5.